The second-order valence-electron chi connectivity index (χ2n) is 10.2. The molecule has 8 heteroatoms. The van der Waals surface area contributed by atoms with Crippen LogP contribution in [0.5, 0.6) is 0 Å². The number of imidazole rings is 2. The molecular formula is C26H32N4O4. The van der Waals surface area contributed by atoms with Crippen LogP contribution in [0.3, 0.4) is 0 Å². The number of hydrogen-bond acceptors (Lipinski definition) is 6. The Morgan fingerprint density at radius 3 is 1.71 bits per heavy atom. The predicted molar refractivity (Wildman–Crippen MR) is 132 cm³/mol. The van der Waals surface area contributed by atoms with E-state index in [4.69, 9.17) is 9.47 Å². The van der Waals surface area contributed by atoms with E-state index in [1.165, 1.54) is 21.8 Å². The summed E-state index contributed by atoms with van der Waals surface area (Å²) in [6, 6.07) is 11.6. The predicted octanol–water partition coefficient (Wildman–Crippen LogP) is 6.26. The summed E-state index contributed by atoms with van der Waals surface area (Å²) in [6.07, 6.45) is 2.20. The Hall–Kier alpha value is -3.68. The lowest BCUT2D eigenvalue weighted by Crippen LogP contribution is -2.26. The van der Waals surface area contributed by atoms with Gasteiger partial charge in [0.25, 0.3) is 0 Å². The Bertz CT molecular complexity index is 1340. The molecule has 2 heterocycles. The van der Waals surface area contributed by atoms with Crippen molar-refractivity contribution in [1.29, 1.82) is 0 Å². The summed E-state index contributed by atoms with van der Waals surface area (Å²) in [5.41, 5.74) is 4.34. The molecule has 2 aromatic heterocycles. The fourth-order valence-electron chi connectivity index (χ4n) is 3.15. The maximum atomic E-state index is 11.9. The molecule has 180 valence electrons. The van der Waals surface area contributed by atoms with Crippen molar-refractivity contribution in [3.05, 3.63) is 60.2 Å². The molecule has 8 nitrogen and oxygen atoms in total. The number of ether oxygens (including phenoxy) is 2. The van der Waals surface area contributed by atoms with E-state index < -0.39 is 23.4 Å². The van der Waals surface area contributed by atoms with Crippen molar-refractivity contribution in [2.75, 3.05) is 0 Å². The Morgan fingerprint density at radius 2 is 1.15 bits per heavy atom. The monoisotopic (exact) mass is 464 g/mol. The molecule has 0 amide bonds. The third kappa shape index (κ3) is 6.21. The molecule has 2 aromatic carbocycles. The first-order valence-corrected chi connectivity index (χ1v) is 11.1. The zero-order chi connectivity index (χ0) is 25.3. The quantitative estimate of drug-likeness (QED) is 0.305. The van der Waals surface area contributed by atoms with Crippen LogP contribution in [0.25, 0.3) is 22.1 Å². The Morgan fingerprint density at radius 1 is 0.676 bits per heavy atom. The molecule has 0 saturated carbocycles. The van der Waals surface area contributed by atoms with Crippen molar-refractivity contribution in [3.8, 4) is 0 Å². The van der Waals surface area contributed by atoms with Crippen LogP contribution in [0.4, 0.5) is 9.59 Å². The molecule has 0 aliphatic rings. The van der Waals surface area contributed by atoms with Gasteiger partial charge < -0.3 is 9.47 Å². The molecule has 0 fully saturated rings. The first-order chi connectivity index (χ1) is 15.7. The fraction of sp³-hybridized carbons (Fsp3) is 0.385. The normalized spacial score (nSPS) is 11.8. The molecule has 4 aromatic rings. The van der Waals surface area contributed by atoms with Crippen LogP contribution < -0.4 is 0 Å². The van der Waals surface area contributed by atoms with E-state index in [1.54, 1.807) is 0 Å². The first kappa shape index (κ1) is 25.0. The molecule has 0 saturated heterocycles. The SMILES string of the molecule is Cc1ccc2c(c1)ncn2C(=O)OC(C)(C)C.Cc1ccc2ncn(C(=O)OC(C)(C)C)c2c1. The van der Waals surface area contributed by atoms with Crippen LogP contribution in [0.2, 0.25) is 0 Å². The van der Waals surface area contributed by atoms with Crippen LogP contribution >= 0.6 is 0 Å². The number of carbonyl (C=O) groups is 2. The van der Waals surface area contributed by atoms with Gasteiger partial charge in [-0.15, -0.1) is 0 Å². The fourth-order valence-corrected chi connectivity index (χ4v) is 3.15. The summed E-state index contributed by atoms with van der Waals surface area (Å²) in [5.74, 6) is 0. The lowest BCUT2D eigenvalue weighted by atomic mass is 10.2. The number of rotatable bonds is 0. The molecule has 0 atom stereocenters. The highest BCUT2D eigenvalue weighted by molar-refractivity contribution is 5.87. The van der Waals surface area contributed by atoms with E-state index in [9.17, 15) is 9.59 Å². The Kier molecular flexibility index (Phi) is 6.82. The average Bonchev–Trinajstić information content (AvgIpc) is 3.29. The summed E-state index contributed by atoms with van der Waals surface area (Å²) < 4.78 is 13.5. The second-order valence-corrected chi connectivity index (χ2v) is 10.2. The summed E-state index contributed by atoms with van der Waals surface area (Å²) in [5, 5.41) is 0. The number of nitrogens with zero attached hydrogens (tertiary/aromatic N) is 4. The van der Waals surface area contributed by atoms with Gasteiger partial charge in [0.15, 0.2) is 0 Å². The van der Waals surface area contributed by atoms with Crippen molar-refractivity contribution in [3.63, 3.8) is 0 Å². The van der Waals surface area contributed by atoms with Gasteiger partial charge >= 0.3 is 12.2 Å². The molecule has 0 aliphatic heterocycles. The van der Waals surface area contributed by atoms with E-state index in [0.29, 0.717) is 0 Å². The lowest BCUT2D eigenvalue weighted by Gasteiger charge is -2.19. The van der Waals surface area contributed by atoms with E-state index >= 15 is 0 Å². The lowest BCUT2D eigenvalue weighted by molar-refractivity contribution is 0.0532. The van der Waals surface area contributed by atoms with Crippen molar-refractivity contribution in [2.45, 2.75) is 66.6 Å². The number of benzene rings is 2. The van der Waals surface area contributed by atoms with Gasteiger partial charge in [-0.25, -0.2) is 28.7 Å². The van der Waals surface area contributed by atoms with E-state index in [2.05, 4.69) is 9.97 Å². The van der Waals surface area contributed by atoms with Crippen LogP contribution in [-0.4, -0.2) is 42.5 Å². The molecular weight excluding hydrogens is 432 g/mol. The van der Waals surface area contributed by atoms with Crippen molar-refractivity contribution in [2.24, 2.45) is 0 Å². The van der Waals surface area contributed by atoms with Gasteiger partial charge in [-0.05, 0) is 90.8 Å². The smallest absolute Gasteiger partial charge is 0.420 e. The summed E-state index contributed by atoms with van der Waals surface area (Å²) >= 11 is 0. The molecule has 0 bridgehead atoms. The van der Waals surface area contributed by atoms with Gasteiger partial charge in [-0.2, -0.15) is 0 Å². The van der Waals surface area contributed by atoms with Crippen LogP contribution in [-0.2, 0) is 9.47 Å². The molecule has 34 heavy (non-hydrogen) atoms. The van der Waals surface area contributed by atoms with Crippen molar-refractivity contribution >= 4 is 34.3 Å². The maximum absolute atomic E-state index is 11.9. The minimum absolute atomic E-state index is 0.398. The number of hydrogen-bond donors (Lipinski definition) is 0. The van der Waals surface area contributed by atoms with E-state index in [-0.39, 0.29) is 0 Å². The van der Waals surface area contributed by atoms with Gasteiger partial charge in [0.05, 0.1) is 22.1 Å². The first-order valence-electron chi connectivity index (χ1n) is 11.1. The highest BCUT2D eigenvalue weighted by Gasteiger charge is 2.20. The number of aromatic nitrogens is 4. The summed E-state index contributed by atoms with van der Waals surface area (Å²) in [7, 11) is 0. The minimum atomic E-state index is -0.502. The minimum Gasteiger partial charge on any atom is -0.443 e. The topological polar surface area (TPSA) is 88.2 Å². The number of aryl methyl sites for hydroxylation is 2. The number of carbonyl (C=O) groups excluding carboxylic acids is 2. The van der Waals surface area contributed by atoms with Gasteiger partial charge in [0, 0.05) is 0 Å². The number of fused-ring (bicyclic) bond motifs is 2. The third-order valence-electron chi connectivity index (χ3n) is 4.59. The highest BCUT2D eigenvalue weighted by atomic mass is 16.6. The summed E-state index contributed by atoms with van der Waals surface area (Å²) in [4.78, 5) is 32.2. The van der Waals surface area contributed by atoms with Crippen molar-refractivity contribution in [1.82, 2.24) is 19.1 Å². The molecule has 0 spiro atoms. The van der Waals surface area contributed by atoms with Crippen molar-refractivity contribution < 1.29 is 19.1 Å². The molecule has 4 rings (SSSR count). The van der Waals surface area contributed by atoms with Gasteiger partial charge in [-0.1, -0.05) is 12.1 Å². The summed E-state index contributed by atoms with van der Waals surface area (Å²) in [6.45, 7) is 15.0. The molecule has 0 N–H and O–H groups in total. The zero-order valence-corrected chi connectivity index (χ0v) is 21.0. The molecule has 0 unspecified atom stereocenters. The van der Waals surface area contributed by atoms with Gasteiger partial charge in [0.1, 0.15) is 23.9 Å². The van der Waals surface area contributed by atoms with Gasteiger partial charge in [0.2, 0.25) is 0 Å². The maximum Gasteiger partial charge on any atom is 0.420 e. The Balaban J connectivity index is 0.000000191. The van der Waals surface area contributed by atoms with E-state index in [1.807, 2.05) is 91.8 Å². The molecule has 0 radical (unpaired) electrons. The third-order valence-corrected chi connectivity index (χ3v) is 4.59. The van der Waals surface area contributed by atoms with E-state index in [0.717, 1.165) is 33.2 Å². The molecule has 0 aliphatic carbocycles. The highest BCUT2D eigenvalue weighted by Crippen LogP contribution is 2.18. The van der Waals surface area contributed by atoms with Gasteiger partial charge in [-0.3, -0.25) is 0 Å². The zero-order valence-electron chi connectivity index (χ0n) is 21.0. The second kappa shape index (κ2) is 9.29. The van der Waals surface area contributed by atoms with Crippen LogP contribution in [0, 0.1) is 13.8 Å². The average molecular weight is 465 g/mol. The van der Waals surface area contributed by atoms with Crippen LogP contribution in [0.15, 0.2) is 49.1 Å². The Labute approximate surface area is 199 Å². The largest absolute Gasteiger partial charge is 0.443 e. The standard InChI is InChI=1S/2C13H16N2O2/c1-9-5-6-11-10(7-9)14-8-15(11)12(16)17-13(2,3)4;1-9-5-6-10-11(7-9)15(8-14-10)12(16)17-13(2,3)4/h2*5-8H,1-4H3. The van der Waals surface area contributed by atoms with Crippen LogP contribution in [0.1, 0.15) is 52.7 Å².